The van der Waals surface area contributed by atoms with E-state index in [2.05, 4.69) is 48.5 Å². The average Bonchev–Trinajstić information content (AvgIpc) is 2.43. The summed E-state index contributed by atoms with van der Waals surface area (Å²) in [5.74, 6) is 2.72. The number of rotatable bonds is 0. The van der Waals surface area contributed by atoms with E-state index >= 15 is 0 Å². The normalized spacial score (nSPS) is 47.5. The first-order valence-corrected chi connectivity index (χ1v) is 9.14. The summed E-state index contributed by atoms with van der Waals surface area (Å²) in [6.07, 6.45) is 7.18. The Hall–Kier alpha value is 0. The van der Waals surface area contributed by atoms with Crippen LogP contribution in [0.3, 0.4) is 0 Å². The van der Waals surface area contributed by atoms with Gasteiger partial charge in [-0.3, -0.25) is 0 Å². The van der Waals surface area contributed by atoms with Gasteiger partial charge >= 0.3 is 0 Å². The lowest BCUT2D eigenvalue weighted by atomic mass is 9.34. The highest BCUT2D eigenvalue weighted by molar-refractivity contribution is 5.14. The van der Waals surface area contributed by atoms with E-state index in [0.717, 1.165) is 17.8 Å². The predicted octanol–water partition coefficient (Wildman–Crippen LogP) is 6.94. The third kappa shape index (κ3) is 2.57. The lowest BCUT2D eigenvalue weighted by molar-refractivity contribution is -0.213. The van der Waals surface area contributed by atoms with Gasteiger partial charge in [-0.05, 0) is 59.7 Å². The van der Waals surface area contributed by atoms with E-state index < -0.39 is 0 Å². The van der Waals surface area contributed by atoms with E-state index in [-0.39, 0.29) is 0 Å². The van der Waals surface area contributed by atoms with Gasteiger partial charge in [0.05, 0.1) is 0 Å². The summed E-state index contributed by atoms with van der Waals surface area (Å²) in [5.41, 5.74) is 1.68. The molecule has 5 atom stereocenters. The van der Waals surface area contributed by atoms with Crippen LogP contribution < -0.4 is 0 Å². The maximum absolute atomic E-state index is 2.59. The molecule has 0 radical (unpaired) electrons. The highest BCUT2D eigenvalue weighted by atomic mass is 14.7. The Morgan fingerprint density at radius 1 is 0.750 bits per heavy atom. The SMILES string of the molecule is CC.CC1CCC(C)C2(C)CC(C)(C)C2(C)CCC1C. The molecule has 2 aliphatic rings. The molecule has 2 fully saturated rings. The first-order valence-electron chi connectivity index (χ1n) is 9.14. The molecule has 0 saturated heterocycles. The second kappa shape index (κ2) is 6.01. The molecule has 0 spiro atoms. The Balaban J connectivity index is 0.000000956. The van der Waals surface area contributed by atoms with Gasteiger partial charge in [0.2, 0.25) is 0 Å². The molecule has 0 amide bonds. The van der Waals surface area contributed by atoms with Gasteiger partial charge in [0.25, 0.3) is 0 Å². The molecule has 20 heavy (non-hydrogen) atoms. The minimum absolute atomic E-state index is 0.545. The van der Waals surface area contributed by atoms with E-state index in [9.17, 15) is 0 Å². The zero-order valence-corrected chi connectivity index (χ0v) is 15.8. The summed E-state index contributed by atoms with van der Waals surface area (Å²) in [7, 11) is 0. The topological polar surface area (TPSA) is 0 Å². The van der Waals surface area contributed by atoms with Gasteiger partial charge in [-0.15, -0.1) is 0 Å². The van der Waals surface area contributed by atoms with Crippen LogP contribution in [0.4, 0.5) is 0 Å². The smallest absolute Gasteiger partial charge is 0.0218 e. The van der Waals surface area contributed by atoms with E-state index in [4.69, 9.17) is 0 Å². The van der Waals surface area contributed by atoms with Crippen LogP contribution in [-0.4, -0.2) is 0 Å². The van der Waals surface area contributed by atoms with Gasteiger partial charge in [0.15, 0.2) is 0 Å². The Morgan fingerprint density at radius 2 is 1.25 bits per heavy atom. The standard InChI is InChI=1S/C18H34.C2H6/c1-13-8-9-15(3)17(6)12-16(4,5)18(17,7)11-10-14(13)2;1-2/h13-15H,8-12H2,1-7H3;1-2H3. The van der Waals surface area contributed by atoms with Crippen LogP contribution in [-0.2, 0) is 0 Å². The quantitative estimate of drug-likeness (QED) is 0.451. The fourth-order valence-corrected chi connectivity index (χ4v) is 5.23. The number of fused-ring (bicyclic) bond motifs is 1. The van der Waals surface area contributed by atoms with Crippen molar-refractivity contribution in [3.63, 3.8) is 0 Å². The Kier molecular flexibility index (Phi) is 5.43. The van der Waals surface area contributed by atoms with Crippen molar-refractivity contribution in [2.45, 2.75) is 94.4 Å². The lowest BCUT2D eigenvalue weighted by Crippen LogP contribution is -2.62. The Morgan fingerprint density at radius 3 is 1.75 bits per heavy atom. The molecule has 0 aromatic rings. The van der Waals surface area contributed by atoms with E-state index in [1.165, 1.54) is 32.1 Å². The van der Waals surface area contributed by atoms with Crippen molar-refractivity contribution in [2.75, 3.05) is 0 Å². The summed E-state index contributed by atoms with van der Waals surface area (Å²) in [4.78, 5) is 0. The zero-order valence-electron chi connectivity index (χ0n) is 15.8. The molecule has 0 aromatic carbocycles. The molecule has 2 aliphatic carbocycles. The molecule has 120 valence electrons. The summed E-state index contributed by atoms with van der Waals surface area (Å²) >= 11 is 0. The molecule has 0 aliphatic heterocycles. The predicted molar refractivity (Wildman–Crippen MR) is 91.9 cm³/mol. The van der Waals surface area contributed by atoms with Gasteiger partial charge in [0.1, 0.15) is 0 Å². The van der Waals surface area contributed by atoms with Gasteiger partial charge in [0, 0.05) is 0 Å². The highest BCUT2D eigenvalue weighted by Crippen LogP contribution is 2.73. The molecule has 0 heteroatoms. The molecule has 0 heterocycles. The maximum Gasteiger partial charge on any atom is -0.0218 e. The summed E-state index contributed by atoms with van der Waals surface area (Å²) in [6.45, 7) is 21.7. The second-order valence-corrected chi connectivity index (χ2v) is 8.78. The third-order valence-corrected chi connectivity index (χ3v) is 7.78. The van der Waals surface area contributed by atoms with E-state index in [1.807, 2.05) is 13.8 Å². The minimum atomic E-state index is 0.545. The fourth-order valence-electron chi connectivity index (χ4n) is 5.23. The zero-order chi connectivity index (χ0) is 15.8. The van der Waals surface area contributed by atoms with Crippen LogP contribution in [0.2, 0.25) is 0 Å². The van der Waals surface area contributed by atoms with Crippen molar-refractivity contribution in [2.24, 2.45) is 34.0 Å². The minimum Gasteiger partial charge on any atom is -0.0683 e. The van der Waals surface area contributed by atoms with E-state index in [0.29, 0.717) is 16.2 Å². The summed E-state index contributed by atoms with van der Waals surface area (Å²) in [5, 5.41) is 0. The third-order valence-electron chi connectivity index (χ3n) is 7.78. The Labute approximate surface area is 129 Å². The van der Waals surface area contributed by atoms with Crippen molar-refractivity contribution < 1.29 is 0 Å². The molecule has 5 unspecified atom stereocenters. The average molecular weight is 281 g/mol. The van der Waals surface area contributed by atoms with Gasteiger partial charge in [-0.2, -0.15) is 0 Å². The first-order chi connectivity index (χ1) is 9.14. The van der Waals surface area contributed by atoms with Gasteiger partial charge in [-0.25, -0.2) is 0 Å². The van der Waals surface area contributed by atoms with Crippen LogP contribution in [0.25, 0.3) is 0 Å². The van der Waals surface area contributed by atoms with Gasteiger partial charge in [-0.1, -0.05) is 68.7 Å². The van der Waals surface area contributed by atoms with Crippen LogP contribution in [0.1, 0.15) is 94.4 Å². The molecule has 0 aromatic heterocycles. The highest BCUT2D eigenvalue weighted by Gasteiger charge is 2.65. The molecular formula is C20H40. The largest absolute Gasteiger partial charge is 0.0683 e. The van der Waals surface area contributed by atoms with Crippen LogP contribution in [0.15, 0.2) is 0 Å². The first kappa shape index (κ1) is 18.1. The van der Waals surface area contributed by atoms with E-state index in [1.54, 1.807) is 0 Å². The number of hydrogen-bond acceptors (Lipinski definition) is 0. The maximum atomic E-state index is 2.59. The molecular weight excluding hydrogens is 240 g/mol. The van der Waals surface area contributed by atoms with Gasteiger partial charge < -0.3 is 0 Å². The van der Waals surface area contributed by atoms with Crippen molar-refractivity contribution in [1.82, 2.24) is 0 Å². The number of hydrogen-bond donors (Lipinski definition) is 0. The van der Waals surface area contributed by atoms with Crippen molar-refractivity contribution >= 4 is 0 Å². The monoisotopic (exact) mass is 280 g/mol. The second-order valence-electron chi connectivity index (χ2n) is 8.78. The van der Waals surface area contributed by atoms with Crippen LogP contribution in [0, 0.1) is 34.0 Å². The molecule has 2 saturated carbocycles. The van der Waals surface area contributed by atoms with Crippen molar-refractivity contribution in [3.05, 3.63) is 0 Å². The van der Waals surface area contributed by atoms with Crippen LogP contribution in [0.5, 0.6) is 0 Å². The summed E-state index contributed by atoms with van der Waals surface area (Å²) in [6, 6.07) is 0. The lowest BCUT2D eigenvalue weighted by Gasteiger charge is -2.70. The molecule has 0 bridgehead atoms. The van der Waals surface area contributed by atoms with Crippen LogP contribution >= 0.6 is 0 Å². The molecule has 2 rings (SSSR count). The van der Waals surface area contributed by atoms with Crippen molar-refractivity contribution in [1.29, 1.82) is 0 Å². The molecule has 0 N–H and O–H groups in total. The Bertz CT molecular complexity index is 316. The summed E-state index contributed by atoms with van der Waals surface area (Å²) < 4.78 is 0. The van der Waals surface area contributed by atoms with Crippen molar-refractivity contribution in [3.8, 4) is 0 Å². The fraction of sp³-hybridized carbons (Fsp3) is 1.00. The molecule has 0 nitrogen and oxygen atoms in total.